The minimum Gasteiger partial charge on any atom is -0.269 e. The summed E-state index contributed by atoms with van der Waals surface area (Å²) < 4.78 is 0. The topological polar surface area (TPSA) is 37.4 Å². The molecule has 0 aromatic rings. The Hall–Kier alpha value is -1.38. The Labute approximate surface area is 95.8 Å². The molecule has 1 heterocycles. The number of hydrogen-bond donors (Lipinski definition) is 0. The van der Waals surface area contributed by atoms with E-state index in [2.05, 4.69) is 13.0 Å². The average molecular weight is 219 g/mol. The summed E-state index contributed by atoms with van der Waals surface area (Å²) in [6.45, 7) is 2.08. The number of rotatable bonds is 1. The highest BCUT2D eigenvalue weighted by atomic mass is 16.2. The number of allylic oxidation sites excluding steroid dienone is 1. The Morgan fingerprint density at radius 1 is 1.12 bits per heavy atom. The van der Waals surface area contributed by atoms with Crippen molar-refractivity contribution in [2.24, 2.45) is 0 Å². The van der Waals surface area contributed by atoms with E-state index in [0.717, 1.165) is 19.3 Å². The zero-order chi connectivity index (χ0) is 11.5. The van der Waals surface area contributed by atoms with E-state index >= 15 is 0 Å². The summed E-state index contributed by atoms with van der Waals surface area (Å²) in [5.74, 6) is -0.334. The molecule has 0 bridgehead atoms. The van der Waals surface area contributed by atoms with Crippen LogP contribution in [-0.2, 0) is 9.59 Å². The van der Waals surface area contributed by atoms with Gasteiger partial charge in [-0.1, -0.05) is 24.5 Å². The van der Waals surface area contributed by atoms with E-state index in [-0.39, 0.29) is 17.9 Å². The SMILES string of the molecule is CC1=CC(N2C(=O)C=CC2=O)CCCCC1. The van der Waals surface area contributed by atoms with Crippen molar-refractivity contribution < 1.29 is 9.59 Å². The summed E-state index contributed by atoms with van der Waals surface area (Å²) >= 11 is 0. The first-order valence-corrected chi connectivity index (χ1v) is 5.91. The second kappa shape index (κ2) is 4.64. The lowest BCUT2D eigenvalue weighted by Gasteiger charge is -2.25. The molecule has 1 aliphatic heterocycles. The van der Waals surface area contributed by atoms with Crippen molar-refractivity contribution in [1.29, 1.82) is 0 Å². The maximum absolute atomic E-state index is 11.6. The summed E-state index contributed by atoms with van der Waals surface area (Å²) in [5.41, 5.74) is 1.29. The highest BCUT2D eigenvalue weighted by Crippen LogP contribution is 2.22. The zero-order valence-corrected chi connectivity index (χ0v) is 9.61. The van der Waals surface area contributed by atoms with Gasteiger partial charge in [-0.15, -0.1) is 0 Å². The Balaban J connectivity index is 2.17. The van der Waals surface area contributed by atoms with Gasteiger partial charge < -0.3 is 0 Å². The fraction of sp³-hybridized carbons (Fsp3) is 0.538. The highest BCUT2D eigenvalue weighted by Gasteiger charge is 2.29. The lowest BCUT2D eigenvalue weighted by Crippen LogP contribution is -2.39. The van der Waals surface area contributed by atoms with E-state index in [4.69, 9.17) is 0 Å². The lowest BCUT2D eigenvalue weighted by atomic mass is 9.97. The van der Waals surface area contributed by atoms with Crippen molar-refractivity contribution in [3.05, 3.63) is 23.8 Å². The molecule has 2 aliphatic rings. The van der Waals surface area contributed by atoms with Gasteiger partial charge in [0.2, 0.25) is 0 Å². The molecule has 1 aliphatic carbocycles. The molecule has 0 saturated heterocycles. The zero-order valence-electron chi connectivity index (χ0n) is 9.61. The van der Waals surface area contributed by atoms with Crippen LogP contribution in [-0.4, -0.2) is 22.8 Å². The first-order valence-electron chi connectivity index (χ1n) is 5.91. The first-order chi connectivity index (χ1) is 7.68. The third kappa shape index (κ3) is 2.23. The molecule has 0 N–H and O–H groups in total. The Kier molecular flexibility index (Phi) is 3.22. The van der Waals surface area contributed by atoms with E-state index in [1.54, 1.807) is 0 Å². The predicted octanol–water partition coefficient (Wildman–Crippen LogP) is 2.19. The van der Waals surface area contributed by atoms with Crippen LogP contribution in [0.1, 0.15) is 39.0 Å². The maximum atomic E-state index is 11.6. The van der Waals surface area contributed by atoms with Crippen LogP contribution >= 0.6 is 0 Å². The molecule has 0 radical (unpaired) electrons. The number of amides is 2. The third-order valence-electron chi connectivity index (χ3n) is 3.22. The van der Waals surface area contributed by atoms with Crippen LogP contribution in [0.2, 0.25) is 0 Å². The second-order valence-electron chi connectivity index (χ2n) is 4.56. The van der Waals surface area contributed by atoms with Gasteiger partial charge in [0, 0.05) is 12.2 Å². The Bertz CT molecular complexity index is 350. The summed E-state index contributed by atoms with van der Waals surface area (Å²) in [6, 6.07) is -0.0321. The van der Waals surface area contributed by atoms with Crippen LogP contribution in [0.25, 0.3) is 0 Å². The molecule has 0 spiro atoms. The van der Waals surface area contributed by atoms with E-state index < -0.39 is 0 Å². The monoisotopic (exact) mass is 219 g/mol. The van der Waals surface area contributed by atoms with Crippen LogP contribution < -0.4 is 0 Å². The van der Waals surface area contributed by atoms with Gasteiger partial charge in [-0.3, -0.25) is 14.5 Å². The molecule has 0 aromatic carbocycles. The average Bonchev–Trinajstić information content (AvgIpc) is 2.53. The summed E-state index contributed by atoms with van der Waals surface area (Å²) in [4.78, 5) is 24.5. The number of hydrogen-bond acceptors (Lipinski definition) is 2. The molecule has 16 heavy (non-hydrogen) atoms. The second-order valence-corrected chi connectivity index (χ2v) is 4.56. The molecule has 0 saturated carbocycles. The van der Waals surface area contributed by atoms with E-state index in [9.17, 15) is 9.59 Å². The highest BCUT2D eigenvalue weighted by molar-refractivity contribution is 6.13. The summed E-state index contributed by atoms with van der Waals surface area (Å²) in [6.07, 6.45) is 10.3. The molecule has 3 heteroatoms. The molecule has 2 rings (SSSR count). The van der Waals surface area contributed by atoms with Crippen LogP contribution in [0.3, 0.4) is 0 Å². The van der Waals surface area contributed by atoms with Gasteiger partial charge in [0.1, 0.15) is 0 Å². The predicted molar refractivity (Wildman–Crippen MR) is 61.6 cm³/mol. The Morgan fingerprint density at radius 2 is 1.81 bits per heavy atom. The van der Waals surface area contributed by atoms with E-state index in [0.29, 0.717) is 0 Å². The lowest BCUT2D eigenvalue weighted by molar-refractivity contribution is -0.138. The molecule has 2 amide bonds. The fourth-order valence-corrected chi connectivity index (χ4v) is 2.37. The van der Waals surface area contributed by atoms with Gasteiger partial charge in [0.15, 0.2) is 0 Å². The minimum atomic E-state index is -0.167. The van der Waals surface area contributed by atoms with Crippen molar-refractivity contribution in [3.63, 3.8) is 0 Å². The van der Waals surface area contributed by atoms with Crippen LogP contribution in [0.15, 0.2) is 23.8 Å². The van der Waals surface area contributed by atoms with Crippen molar-refractivity contribution >= 4 is 11.8 Å². The number of carbonyl (C=O) groups excluding carboxylic acids is 2. The number of carbonyl (C=O) groups is 2. The van der Waals surface area contributed by atoms with Gasteiger partial charge in [-0.2, -0.15) is 0 Å². The van der Waals surface area contributed by atoms with Gasteiger partial charge in [0.25, 0.3) is 11.8 Å². The minimum absolute atomic E-state index is 0.0321. The van der Waals surface area contributed by atoms with Crippen molar-refractivity contribution in [2.45, 2.75) is 45.1 Å². The standard InChI is InChI=1S/C13H17NO2/c1-10-5-3-2-4-6-11(9-10)14-12(15)7-8-13(14)16/h7-9,11H,2-6H2,1H3. The van der Waals surface area contributed by atoms with E-state index in [1.807, 2.05) is 0 Å². The fourth-order valence-electron chi connectivity index (χ4n) is 2.37. The molecule has 0 aromatic heterocycles. The molecule has 1 atom stereocenters. The molecule has 0 fully saturated rings. The van der Waals surface area contributed by atoms with Gasteiger partial charge in [-0.05, 0) is 26.2 Å². The molecule has 1 unspecified atom stereocenters. The smallest absolute Gasteiger partial charge is 0.254 e. The van der Waals surface area contributed by atoms with Gasteiger partial charge in [0.05, 0.1) is 6.04 Å². The maximum Gasteiger partial charge on any atom is 0.254 e. The van der Waals surface area contributed by atoms with Crippen LogP contribution in [0.4, 0.5) is 0 Å². The molecule has 86 valence electrons. The third-order valence-corrected chi connectivity index (χ3v) is 3.22. The molecule has 3 nitrogen and oxygen atoms in total. The van der Waals surface area contributed by atoms with Crippen LogP contribution in [0, 0.1) is 0 Å². The molecular formula is C13H17NO2. The van der Waals surface area contributed by atoms with Gasteiger partial charge in [-0.25, -0.2) is 0 Å². The molecular weight excluding hydrogens is 202 g/mol. The first kappa shape index (κ1) is 11.1. The quantitative estimate of drug-likeness (QED) is 0.501. The largest absolute Gasteiger partial charge is 0.269 e. The van der Waals surface area contributed by atoms with Crippen molar-refractivity contribution in [2.75, 3.05) is 0 Å². The number of imide groups is 1. The van der Waals surface area contributed by atoms with Crippen molar-refractivity contribution in [1.82, 2.24) is 4.90 Å². The summed E-state index contributed by atoms with van der Waals surface area (Å²) in [5, 5.41) is 0. The summed E-state index contributed by atoms with van der Waals surface area (Å²) in [7, 11) is 0. The Morgan fingerprint density at radius 3 is 2.50 bits per heavy atom. The van der Waals surface area contributed by atoms with Gasteiger partial charge >= 0.3 is 0 Å². The van der Waals surface area contributed by atoms with Crippen molar-refractivity contribution in [3.8, 4) is 0 Å². The normalized spacial score (nSPS) is 26.7. The van der Waals surface area contributed by atoms with Crippen LogP contribution in [0.5, 0.6) is 0 Å². The number of nitrogens with zero attached hydrogens (tertiary/aromatic N) is 1. The van der Waals surface area contributed by atoms with E-state index in [1.165, 1.54) is 35.5 Å².